The fourth-order valence-corrected chi connectivity index (χ4v) is 5.17. The van der Waals surface area contributed by atoms with Crippen LogP contribution < -0.4 is 16.0 Å². The summed E-state index contributed by atoms with van der Waals surface area (Å²) in [5.41, 5.74) is -2.60. The van der Waals surface area contributed by atoms with Crippen LogP contribution >= 0.6 is 0 Å². The van der Waals surface area contributed by atoms with Crippen LogP contribution in [0.15, 0.2) is 52.3 Å². The average Bonchev–Trinajstić information content (AvgIpc) is 2.88. The molecule has 0 saturated heterocycles. The number of nitro groups is 2. The smallest absolute Gasteiger partial charge is 0.315 e. The Balaban J connectivity index is 1.76. The van der Waals surface area contributed by atoms with Gasteiger partial charge >= 0.3 is 11.8 Å². The molecule has 45 heavy (non-hydrogen) atoms. The zero-order valence-corrected chi connectivity index (χ0v) is 24.1. The van der Waals surface area contributed by atoms with Crippen LogP contribution in [0.1, 0.15) is 11.1 Å². The van der Waals surface area contributed by atoms with Crippen molar-refractivity contribution >= 4 is 66.3 Å². The van der Waals surface area contributed by atoms with Gasteiger partial charge in [-0.2, -0.15) is 40.6 Å². The second-order valence-corrected chi connectivity index (χ2v) is 11.8. The maximum atomic E-state index is 14.4. The number of nitro benzene ring substituents is 2. The first kappa shape index (κ1) is 32.5. The highest BCUT2D eigenvalue weighted by atomic mass is 32.2. The van der Waals surface area contributed by atoms with Gasteiger partial charge in [0, 0.05) is 11.8 Å². The second-order valence-electron chi connectivity index (χ2n) is 9.06. The van der Waals surface area contributed by atoms with E-state index in [0.717, 1.165) is 24.3 Å². The van der Waals surface area contributed by atoms with Crippen molar-refractivity contribution in [3.63, 3.8) is 0 Å². The predicted octanol–water partition coefficient (Wildman–Crippen LogP) is 4.31. The molecule has 0 fully saturated rings. The number of hydrogen-bond donors (Lipinski definition) is 5. The fraction of sp³-hybridized carbons (Fsp3) is 0.0870. The molecule has 3 aromatic carbocycles. The van der Waals surface area contributed by atoms with Gasteiger partial charge in [0.25, 0.3) is 25.9 Å². The molecule has 1 heterocycles. The van der Waals surface area contributed by atoms with Gasteiger partial charge < -0.3 is 16.0 Å². The molecule has 0 atom stereocenters. The number of aryl methyl sites for hydroxylation is 2. The summed E-state index contributed by atoms with van der Waals surface area (Å²) in [4.78, 5) is 29.5. The Bertz CT molecular complexity index is 2120. The van der Waals surface area contributed by atoms with E-state index in [1.54, 1.807) is 13.8 Å². The van der Waals surface area contributed by atoms with Crippen molar-refractivity contribution in [1.82, 2.24) is 15.0 Å². The number of aromatic nitrogens is 3. The van der Waals surface area contributed by atoms with Gasteiger partial charge in [-0.1, -0.05) is 0 Å². The summed E-state index contributed by atoms with van der Waals surface area (Å²) >= 11 is 0. The lowest BCUT2D eigenvalue weighted by molar-refractivity contribution is -0.395. The Morgan fingerprint density at radius 3 is 1.76 bits per heavy atom. The van der Waals surface area contributed by atoms with Gasteiger partial charge in [0.2, 0.25) is 17.7 Å². The first-order valence-electron chi connectivity index (χ1n) is 11.9. The Morgan fingerprint density at radius 2 is 1.22 bits per heavy atom. The van der Waals surface area contributed by atoms with Crippen molar-refractivity contribution in [2.24, 2.45) is 0 Å². The second kappa shape index (κ2) is 11.9. The van der Waals surface area contributed by atoms with E-state index >= 15 is 0 Å². The van der Waals surface area contributed by atoms with Crippen LogP contribution in [0, 0.1) is 46.0 Å². The zero-order valence-electron chi connectivity index (χ0n) is 22.5. The molecule has 236 valence electrons. The number of nitrogens with zero attached hydrogens (tertiary/aromatic N) is 5. The molecule has 0 aliphatic carbocycles. The summed E-state index contributed by atoms with van der Waals surface area (Å²) in [6, 6.07) is 6.00. The van der Waals surface area contributed by atoms with Gasteiger partial charge in [-0.15, -0.1) is 0 Å². The van der Waals surface area contributed by atoms with Crippen LogP contribution in [0.5, 0.6) is 0 Å². The van der Waals surface area contributed by atoms with Crippen LogP contribution in [0.2, 0.25) is 0 Å². The van der Waals surface area contributed by atoms with Gasteiger partial charge in [0.05, 0.1) is 27.3 Å². The summed E-state index contributed by atoms with van der Waals surface area (Å²) in [6.45, 7) is 3.19. The summed E-state index contributed by atoms with van der Waals surface area (Å²) < 4.78 is 95.9. The molecule has 4 rings (SSSR count). The van der Waals surface area contributed by atoms with E-state index in [2.05, 4.69) is 30.9 Å². The zero-order chi connectivity index (χ0) is 33.4. The standard InChI is InChI=1S/C23H18F2N8O10S2/c1-10-5-15(20(6-11(10)2)45(41,42)43)27-22-29-21(25)30-23(31-22)28-16-7-12(3-4-19(16)44(38,39)40)26-14-8-13(24)17(32(34)35)9-18(14)33(36)37/h3-9,26H,1-2H3,(H,38,39,40)(H,41,42,43)(H2,27,28,29,30,31). The molecule has 1 aromatic heterocycles. The van der Waals surface area contributed by atoms with Crippen molar-refractivity contribution < 1.29 is 44.6 Å². The van der Waals surface area contributed by atoms with Crippen molar-refractivity contribution in [2.45, 2.75) is 23.6 Å². The number of nitrogens with one attached hydrogen (secondary N) is 3. The normalized spacial score (nSPS) is 11.6. The van der Waals surface area contributed by atoms with Crippen molar-refractivity contribution in [2.75, 3.05) is 16.0 Å². The number of halogens is 2. The predicted molar refractivity (Wildman–Crippen MR) is 151 cm³/mol. The topological polar surface area (TPSA) is 270 Å². The van der Waals surface area contributed by atoms with E-state index in [1.807, 2.05) is 0 Å². The number of anilines is 6. The molecule has 0 radical (unpaired) electrons. The third kappa shape index (κ3) is 7.38. The molecule has 0 spiro atoms. The molecule has 5 N–H and O–H groups in total. The van der Waals surface area contributed by atoms with Crippen LogP contribution in [0.3, 0.4) is 0 Å². The quantitative estimate of drug-likeness (QED) is 0.0894. The van der Waals surface area contributed by atoms with E-state index in [-0.39, 0.29) is 11.4 Å². The van der Waals surface area contributed by atoms with E-state index in [0.29, 0.717) is 23.3 Å². The number of hydrogen-bond acceptors (Lipinski definition) is 14. The summed E-state index contributed by atoms with van der Waals surface area (Å²) in [5, 5.41) is 29.6. The van der Waals surface area contributed by atoms with Crippen molar-refractivity contribution in [3.8, 4) is 0 Å². The van der Waals surface area contributed by atoms with E-state index in [9.17, 15) is 55.0 Å². The first-order valence-corrected chi connectivity index (χ1v) is 14.8. The molecule has 0 saturated carbocycles. The third-order valence-corrected chi connectivity index (χ3v) is 7.78. The number of benzene rings is 3. The minimum atomic E-state index is -4.99. The minimum absolute atomic E-state index is 0.193. The maximum absolute atomic E-state index is 14.4. The minimum Gasteiger partial charge on any atom is -0.350 e. The lowest BCUT2D eigenvalue weighted by atomic mass is 10.1. The molecule has 22 heteroatoms. The van der Waals surface area contributed by atoms with Crippen LogP contribution in [-0.4, -0.2) is 50.7 Å². The Kier molecular flexibility index (Phi) is 8.59. The molecule has 0 amide bonds. The van der Waals surface area contributed by atoms with Gasteiger partial charge in [-0.25, -0.2) is 0 Å². The number of rotatable bonds is 10. The van der Waals surface area contributed by atoms with Crippen LogP contribution in [0.4, 0.5) is 54.8 Å². The maximum Gasteiger partial charge on any atom is 0.315 e. The Morgan fingerprint density at radius 1 is 0.689 bits per heavy atom. The van der Waals surface area contributed by atoms with Crippen molar-refractivity contribution in [3.05, 3.63) is 85.7 Å². The largest absolute Gasteiger partial charge is 0.350 e. The van der Waals surface area contributed by atoms with Gasteiger partial charge in [-0.05, 0) is 55.3 Å². The molecule has 0 unspecified atom stereocenters. The summed E-state index contributed by atoms with van der Waals surface area (Å²) in [7, 11) is -9.77. The van der Waals surface area contributed by atoms with Crippen molar-refractivity contribution in [1.29, 1.82) is 0 Å². The first-order chi connectivity index (χ1) is 20.8. The average molecular weight is 669 g/mol. The molecule has 0 aliphatic heterocycles. The molecule has 0 bridgehead atoms. The molecular formula is C23H18F2N8O10S2. The highest BCUT2D eigenvalue weighted by Gasteiger charge is 2.26. The highest BCUT2D eigenvalue weighted by Crippen LogP contribution is 2.36. The molecule has 4 aromatic rings. The fourth-order valence-electron chi connectivity index (χ4n) is 3.83. The van der Waals surface area contributed by atoms with Gasteiger partial charge in [0.15, 0.2) is 0 Å². The Labute approximate surface area is 251 Å². The van der Waals surface area contributed by atoms with Crippen LogP contribution in [0.25, 0.3) is 0 Å². The summed E-state index contributed by atoms with van der Waals surface area (Å²) in [6.07, 6.45) is -1.45. The lowest BCUT2D eigenvalue weighted by Gasteiger charge is -2.14. The molecule has 0 aliphatic rings. The third-order valence-electron chi connectivity index (χ3n) is 5.97. The van der Waals surface area contributed by atoms with E-state index in [1.165, 1.54) is 6.07 Å². The summed E-state index contributed by atoms with van der Waals surface area (Å²) in [5.74, 6) is -2.74. The SMILES string of the molecule is Cc1cc(Nc2nc(F)nc(Nc3cc(Nc4cc(F)c([N+](=O)[O-])cc4[N+](=O)[O-])ccc3S(=O)(=O)O)n2)c(S(=O)(=O)O)cc1C. The van der Waals surface area contributed by atoms with Crippen LogP contribution in [-0.2, 0) is 20.2 Å². The Hall–Kier alpha value is -5.45. The van der Waals surface area contributed by atoms with Gasteiger partial charge in [0.1, 0.15) is 15.5 Å². The van der Waals surface area contributed by atoms with E-state index < -0.39 is 86.4 Å². The molecule has 18 nitrogen and oxygen atoms in total. The monoisotopic (exact) mass is 668 g/mol. The molecular weight excluding hydrogens is 650 g/mol. The van der Waals surface area contributed by atoms with E-state index in [4.69, 9.17) is 0 Å². The lowest BCUT2D eigenvalue weighted by Crippen LogP contribution is -2.10. The highest BCUT2D eigenvalue weighted by molar-refractivity contribution is 7.86. The van der Waals surface area contributed by atoms with Gasteiger partial charge in [-0.3, -0.25) is 29.3 Å².